The van der Waals surface area contributed by atoms with Crippen LogP contribution in [0.2, 0.25) is 0 Å². The van der Waals surface area contributed by atoms with Crippen LogP contribution in [-0.2, 0) is 35.2 Å². The molecule has 4 aliphatic rings. The molecule has 0 fully saturated rings. The zero-order chi connectivity index (χ0) is 59.4. The van der Waals surface area contributed by atoms with Gasteiger partial charge in [0.25, 0.3) is 17.6 Å². The summed E-state index contributed by atoms with van der Waals surface area (Å²) < 4.78 is 39.7. The van der Waals surface area contributed by atoms with E-state index in [-0.39, 0.29) is 103 Å². The molecule has 4 amide bonds. The molecule has 0 aromatic heterocycles. The number of fused-ring (bicyclic) bond motifs is 4. The van der Waals surface area contributed by atoms with Crippen LogP contribution >= 0.6 is 0 Å². The number of unbranched alkanes of at least 4 members (excludes halogenated alkanes) is 2. The number of aliphatic hydroxyl groups excluding tert-OH is 2. The van der Waals surface area contributed by atoms with E-state index in [1.165, 1.54) is 60.4 Å². The summed E-state index contributed by atoms with van der Waals surface area (Å²) in [5.41, 5.74) is 3.22. The van der Waals surface area contributed by atoms with Gasteiger partial charge in [-0.15, -0.1) is 0 Å². The predicted octanol–water partition coefficient (Wildman–Crippen LogP) is 6.33. The first-order valence-corrected chi connectivity index (χ1v) is 27.0. The fourth-order valence-electron chi connectivity index (χ4n) is 9.87. The SMILES string of the molecule is C=CCOC(=O)C(=O)[C@@H](NCN[C@@H](C)C(=O)CNc1ccc(COC(=O)N2c3cc(OCCCCCOc4cc5c(cc4OC)C(=O)N4C=C(C)C[C@H]4[C@H](O)N5C(=O)OCC=C)c(OC)cc3C(=O)N3C=C(C)C[C@H]3[C@@H]2O)cc1)C(C)C. The fraction of sp³-hybridized carbons (Fsp3) is 0.441. The van der Waals surface area contributed by atoms with Crippen molar-refractivity contribution < 1.29 is 76.9 Å². The first-order valence-electron chi connectivity index (χ1n) is 27.0. The second-order valence-electron chi connectivity index (χ2n) is 20.5. The Morgan fingerprint density at radius 1 is 0.683 bits per heavy atom. The Morgan fingerprint density at radius 3 is 1.67 bits per heavy atom. The van der Waals surface area contributed by atoms with E-state index in [0.717, 1.165) is 20.9 Å². The van der Waals surface area contributed by atoms with Crippen molar-refractivity contribution in [3.63, 3.8) is 0 Å². The summed E-state index contributed by atoms with van der Waals surface area (Å²) in [6.45, 7) is 16.0. The first kappa shape index (κ1) is 61.4. The molecule has 4 heterocycles. The molecule has 0 saturated carbocycles. The number of carbonyl (C=O) groups excluding carboxylic acids is 7. The van der Waals surface area contributed by atoms with Crippen LogP contribution in [0.5, 0.6) is 23.0 Å². The highest BCUT2D eigenvalue weighted by atomic mass is 16.6. The molecule has 4 aliphatic heterocycles. The molecule has 23 heteroatoms. The maximum absolute atomic E-state index is 14.2. The Balaban J connectivity index is 0.953. The number of hydrogen-bond donors (Lipinski definition) is 5. The Bertz CT molecular complexity index is 2960. The topological polar surface area (TPSA) is 274 Å². The number of Topliss-reactive ketones (excluding diaryl/α,β-unsaturated/α-hetero) is 2. The lowest BCUT2D eigenvalue weighted by Gasteiger charge is -2.31. The van der Waals surface area contributed by atoms with Crippen molar-refractivity contribution in [2.45, 2.75) is 110 Å². The van der Waals surface area contributed by atoms with Crippen molar-refractivity contribution in [1.82, 2.24) is 20.4 Å². The maximum Gasteiger partial charge on any atom is 0.416 e. The van der Waals surface area contributed by atoms with Crippen LogP contribution in [0.4, 0.5) is 26.7 Å². The molecule has 3 aromatic carbocycles. The second kappa shape index (κ2) is 28.0. The number of ether oxygens (including phenoxy) is 7. The highest BCUT2D eigenvalue weighted by Crippen LogP contribution is 2.44. The minimum atomic E-state index is -1.52. The fourth-order valence-corrected chi connectivity index (χ4v) is 9.87. The summed E-state index contributed by atoms with van der Waals surface area (Å²) >= 11 is 0. The van der Waals surface area contributed by atoms with Gasteiger partial charge in [-0.05, 0) is 88.6 Å². The van der Waals surface area contributed by atoms with Gasteiger partial charge in [-0.25, -0.2) is 24.2 Å². The molecule has 6 atom stereocenters. The molecule has 0 spiro atoms. The predicted molar refractivity (Wildman–Crippen MR) is 302 cm³/mol. The summed E-state index contributed by atoms with van der Waals surface area (Å²) in [5.74, 6) is -2.08. The van der Waals surface area contributed by atoms with Crippen LogP contribution in [0.1, 0.15) is 93.0 Å². The largest absolute Gasteiger partial charge is 0.493 e. The Hall–Kier alpha value is -8.25. The molecule has 440 valence electrons. The zero-order valence-electron chi connectivity index (χ0n) is 47.3. The first-order chi connectivity index (χ1) is 39.3. The number of rotatable bonds is 27. The van der Waals surface area contributed by atoms with Crippen molar-refractivity contribution in [2.24, 2.45) is 5.92 Å². The summed E-state index contributed by atoms with van der Waals surface area (Å²) in [6, 6.07) is 9.78. The van der Waals surface area contributed by atoms with Crippen molar-refractivity contribution >= 4 is 58.6 Å². The molecule has 23 nitrogen and oxygen atoms in total. The minimum Gasteiger partial charge on any atom is -0.493 e. The number of nitrogens with one attached hydrogen (secondary N) is 3. The Labute approximate surface area is 476 Å². The van der Waals surface area contributed by atoms with Crippen LogP contribution in [0, 0.1) is 5.92 Å². The van der Waals surface area contributed by atoms with E-state index in [9.17, 15) is 43.8 Å². The number of nitrogens with zero attached hydrogens (tertiary/aromatic N) is 4. The highest BCUT2D eigenvalue weighted by molar-refractivity contribution is 6.35. The summed E-state index contributed by atoms with van der Waals surface area (Å²) in [5, 5.41) is 32.5. The number of methoxy groups -OCH3 is 2. The van der Waals surface area contributed by atoms with Crippen LogP contribution < -0.4 is 44.7 Å². The lowest BCUT2D eigenvalue weighted by atomic mass is 10.00. The van der Waals surface area contributed by atoms with Crippen LogP contribution in [0.3, 0.4) is 0 Å². The molecule has 0 unspecified atom stereocenters. The van der Waals surface area contributed by atoms with Crippen molar-refractivity contribution in [2.75, 3.05) is 69.0 Å². The number of esters is 1. The molecule has 7 rings (SSSR count). The van der Waals surface area contributed by atoms with Gasteiger partial charge >= 0.3 is 18.2 Å². The average Bonchev–Trinajstić information content (AvgIpc) is 3.59. The van der Waals surface area contributed by atoms with Gasteiger partial charge in [0.15, 0.2) is 41.2 Å². The number of ketones is 2. The van der Waals surface area contributed by atoms with Crippen LogP contribution in [0.25, 0.3) is 0 Å². The minimum absolute atomic E-state index is 0.0336. The Morgan fingerprint density at radius 2 is 1.18 bits per heavy atom. The van der Waals surface area contributed by atoms with Gasteiger partial charge in [-0.2, -0.15) is 0 Å². The summed E-state index contributed by atoms with van der Waals surface area (Å²) in [4.78, 5) is 98.3. The van der Waals surface area contributed by atoms with Crippen molar-refractivity contribution in [1.29, 1.82) is 0 Å². The van der Waals surface area contributed by atoms with Crippen molar-refractivity contribution in [3.05, 3.63) is 114 Å². The van der Waals surface area contributed by atoms with Gasteiger partial charge in [-0.1, -0.05) is 62.4 Å². The van der Waals surface area contributed by atoms with E-state index < -0.39 is 72.4 Å². The van der Waals surface area contributed by atoms with E-state index in [2.05, 4.69) is 29.1 Å². The van der Waals surface area contributed by atoms with Crippen LogP contribution in [0.15, 0.2) is 97.4 Å². The Kier molecular flexibility index (Phi) is 20.9. The highest BCUT2D eigenvalue weighted by Gasteiger charge is 2.47. The van der Waals surface area contributed by atoms with Crippen LogP contribution in [-0.4, -0.2) is 152 Å². The summed E-state index contributed by atoms with van der Waals surface area (Å²) in [7, 11) is 2.86. The number of hydrogen-bond acceptors (Lipinski definition) is 19. The number of amides is 4. The second-order valence-corrected chi connectivity index (χ2v) is 20.5. The van der Waals surface area contributed by atoms with E-state index in [4.69, 9.17) is 33.2 Å². The van der Waals surface area contributed by atoms with E-state index in [1.54, 1.807) is 57.4 Å². The average molecular weight is 1140 g/mol. The lowest BCUT2D eigenvalue weighted by Crippen LogP contribution is -2.50. The quantitative estimate of drug-likeness (QED) is 0.0139. The molecular formula is C59H73N7O16. The van der Waals surface area contributed by atoms with E-state index >= 15 is 0 Å². The lowest BCUT2D eigenvalue weighted by molar-refractivity contribution is -0.154. The molecule has 0 aliphatic carbocycles. The molecule has 82 heavy (non-hydrogen) atoms. The van der Waals surface area contributed by atoms with Gasteiger partial charge in [0.1, 0.15) is 19.8 Å². The molecule has 0 saturated heterocycles. The van der Waals surface area contributed by atoms with Gasteiger partial charge in [0, 0.05) is 36.9 Å². The van der Waals surface area contributed by atoms with Gasteiger partial charge in [0.05, 0.1) is 80.6 Å². The molecule has 0 bridgehead atoms. The van der Waals surface area contributed by atoms with Gasteiger partial charge in [-0.3, -0.25) is 29.8 Å². The smallest absolute Gasteiger partial charge is 0.416 e. The standard InChI is InChI=1S/C59H73N7O16/c1-10-19-80-57(73)52(68)51(34(3)4)62-33-61-37(7)46(67)29-60-39-17-15-38(16-18-39)32-82-59(75)66-43-28-50(48(77-9)26-41(43)54(70)64-31-36(6)24-45(64)56(66)72)79-22-14-12-13-21-78-49-27-42-40(25-47(49)76-8)53(69)63-30-35(5)23-44(63)55(71)65(42)58(74)81-20-11-2/h10-11,15-18,25-28,30-31,34,37,44-45,51,55-56,60-62,71-72H,1-2,12-14,19-24,29,32-33H2,3-9H3/t37-,44-,45-,51-,55-,56-/m0/s1. The number of aliphatic hydroxyl groups is 2. The molecule has 3 aromatic rings. The normalized spacial score (nSPS) is 18.8. The van der Waals surface area contributed by atoms with E-state index in [1.807, 2.05) is 13.8 Å². The third-order valence-corrected chi connectivity index (χ3v) is 14.2. The molecule has 5 N–H and O–H groups in total. The van der Waals surface area contributed by atoms with E-state index in [0.29, 0.717) is 43.4 Å². The summed E-state index contributed by atoms with van der Waals surface area (Å²) in [6.07, 6.45) is 3.64. The number of anilines is 3. The maximum atomic E-state index is 14.2. The molecular weight excluding hydrogens is 1060 g/mol. The number of benzene rings is 3. The third kappa shape index (κ3) is 14.1. The van der Waals surface area contributed by atoms with Gasteiger partial charge < -0.3 is 58.5 Å². The monoisotopic (exact) mass is 1140 g/mol. The van der Waals surface area contributed by atoms with Crippen molar-refractivity contribution in [3.8, 4) is 23.0 Å². The zero-order valence-corrected chi connectivity index (χ0v) is 47.3. The molecule has 0 radical (unpaired) electrons. The third-order valence-electron chi connectivity index (χ3n) is 14.2. The number of carbonyl (C=O) groups is 7. The van der Waals surface area contributed by atoms with Gasteiger partial charge in [0.2, 0.25) is 0 Å².